The quantitative estimate of drug-likeness (QED) is 0.0468. The van der Waals surface area contributed by atoms with Gasteiger partial charge in [0.1, 0.15) is 52.2 Å². The zero-order chi connectivity index (χ0) is 53.7. The number of amides is 2. The van der Waals surface area contributed by atoms with Crippen molar-refractivity contribution in [2.45, 2.75) is 242 Å². The molecule has 0 aliphatic heterocycles. The van der Waals surface area contributed by atoms with Gasteiger partial charge in [-0.15, -0.1) is 0 Å². The molecule has 0 spiro atoms. The normalized spacial score (nSPS) is 14.6. The Bertz CT molecular complexity index is 1990. The smallest absolute Gasteiger partial charge is 0.408 e. The van der Waals surface area contributed by atoms with E-state index in [9.17, 15) is 28.8 Å². The number of alkyl carbamates (subject to hydrolysis) is 2. The largest absolute Gasteiger partial charge is 0.460 e. The molecule has 0 fully saturated rings. The fraction of sp³-hybridized carbons (Fsp3) is 0.750. The highest BCUT2D eigenvalue weighted by Crippen LogP contribution is 2.23. The van der Waals surface area contributed by atoms with Crippen molar-refractivity contribution >= 4 is 36.1 Å². The highest BCUT2D eigenvalue weighted by molar-refractivity contribution is 5.82. The van der Waals surface area contributed by atoms with E-state index in [0.29, 0.717) is 66.0 Å². The molecule has 2 N–H and O–H groups in total. The second-order valence-corrected chi connectivity index (χ2v) is 23.2. The van der Waals surface area contributed by atoms with Crippen molar-refractivity contribution in [1.82, 2.24) is 10.6 Å². The number of hydrogen-bond donors (Lipinski definition) is 2. The second-order valence-electron chi connectivity index (χ2n) is 23.2. The van der Waals surface area contributed by atoms with E-state index in [2.05, 4.69) is 11.8 Å². The summed E-state index contributed by atoms with van der Waals surface area (Å²) in [5, 5.41) is 0.910. The summed E-state index contributed by atoms with van der Waals surface area (Å²) in [7, 11) is 0. The zero-order valence-corrected chi connectivity index (χ0v) is 44.6. The van der Waals surface area contributed by atoms with E-state index in [4.69, 9.17) is 31.2 Å². The van der Waals surface area contributed by atoms with Crippen molar-refractivity contribution in [3.8, 4) is 11.8 Å². The molecule has 1 rings (SSSR count). The average molecular weight is 947 g/mol. The Balaban J connectivity index is 4.12. The lowest BCUT2D eigenvalue weighted by atomic mass is 9.93. The van der Waals surface area contributed by atoms with Crippen LogP contribution in [0.5, 0.6) is 0 Å². The summed E-state index contributed by atoms with van der Waals surface area (Å²) in [5.74, 6) is 3.05. The minimum absolute atomic E-state index is 0.0786. The number of nitrogens with zero attached hydrogens (tertiary/aromatic N) is 1. The number of pyridine rings is 1. The fourth-order valence-corrected chi connectivity index (χ4v) is 6.11. The van der Waals surface area contributed by atoms with Crippen LogP contribution in [0.15, 0.2) is 12.4 Å². The van der Waals surface area contributed by atoms with Gasteiger partial charge in [-0.3, -0.25) is 9.59 Å². The first-order valence-electron chi connectivity index (χ1n) is 24.4. The number of unbranched alkanes of at least 4 members (excludes halogenated alkanes) is 1. The molecule has 1 aromatic rings. The van der Waals surface area contributed by atoms with Crippen molar-refractivity contribution < 1.29 is 64.6 Å². The highest BCUT2D eigenvalue weighted by Gasteiger charge is 2.32. The summed E-state index contributed by atoms with van der Waals surface area (Å²) >= 11 is 0. The highest BCUT2D eigenvalue weighted by atomic mass is 16.6. The van der Waals surface area contributed by atoms with E-state index in [0.717, 1.165) is 0 Å². The third-order valence-electron chi connectivity index (χ3n) is 8.92. The first kappa shape index (κ1) is 56.5. The monoisotopic (exact) mass is 947 g/mol. The Kier molecular flexibility index (Phi) is 21.0. The standard InChI is InChI=1S/C52H85N3O12/c1-34(41(56)62-47(3,4)5)24-21-22-31-55-32-36(28-27-35(2)42(57)63-48(6,7)8)38(25-23-26-39(43(58)64-49(9,10)11)53-45(60)66-51(15,16)17)37(33-55)29-30-40(44(59)65-50(12,13)14)54-46(61)67-52(18,19)20/h32-35,39-40H,21-22,24,26-31H2,1-20H3,(H-,53,54,60,61)/p+1/t34-,35-,39-,40-/m0/s1/i/hD2. The fourth-order valence-electron chi connectivity index (χ4n) is 6.11. The van der Waals surface area contributed by atoms with Crippen LogP contribution in [0.1, 0.15) is 194 Å². The maximum Gasteiger partial charge on any atom is 0.408 e. The van der Waals surface area contributed by atoms with Gasteiger partial charge in [-0.1, -0.05) is 25.7 Å². The van der Waals surface area contributed by atoms with Gasteiger partial charge in [0.25, 0.3) is 0 Å². The molecule has 380 valence electrons. The molecule has 0 unspecified atom stereocenters. The van der Waals surface area contributed by atoms with Crippen LogP contribution in [0.3, 0.4) is 0 Å². The van der Waals surface area contributed by atoms with E-state index < -0.39 is 75.7 Å². The number of nitrogens with one attached hydrogen (secondary N) is 2. The lowest BCUT2D eigenvalue weighted by Crippen LogP contribution is -2.46. The van der Waals surface area contributed by atoms with Crippen LogP contribution in [0.4, 0.5) is 9.59 Å². The Labute approximate surface area is 405 Å². The third-order valence-corrected chi connectivity index (χ3v) is 8.92. The summed E-state index contributed by atoms with van der Waals surface area (Å²) in [6.07, 6.45) is 3.91. The van der Waals surface area contributed by atoms with Gasteiger partial charge in [-0.2, -0.15) is 0 Å². The molecule has 15 heteroatoms. The summed E-state index contributed by atoms with van der Waals surface area (Å²) < 4.78 is 53.0. The van der Waals surface area contributed by atoms with E-state index >= 15 is 0 Å². The van der Waals surface area contributed by atoms with Gasteiger partial charge < -0.3 is 39.0 Å². The molecule has 0 bridgehead atoms. The van der Waals surface area contributed by atoms with Crippen LogP contribution in [-0.2, 0) is 67.0 Å². The van der Waals surface area contributed by atoms with Gasteiger partial charge >= 0.3 is 36.1 Å². The molecule has 0 saturated heterocycles. The van der Waals surface area contributed by atoms with Gasteiger partial charge in [0.05, 0.1) is 11.8 Å². The van der Waals surface area contributed by atoms with E-state index in [1.807, 2.05) is 44.7 Å². The summed E-state index contributed by atoms with van der Waals surface area (Å²) in [4.78, 5) is 79.8. The number of esters is 4. The molecule has 0 aliphatic carbocycles. The Morgan fingerprint density at radius 2 is 0.881 bits per heavy atom. The summed E-state index contributed by atoms with van der Waals surface area (Å²) in [6, 6.07) is -2.91. The molecule has 0 saturated carbocycles. The summed E-state index contributed by atoms with van der Waals surface area (Å²) in [6.45, 7) is 34.9. The number of aryl methyl sites for hydroxylation is 3. The molecular weight excluding hydrogens is 859 g/mol. The number of rotatable bonds is 18. The first-order valence-corrected chi connectivity index (χ1v) is 23.6. The number of carbonyl (C=O) groups is 6. The molecule has 1 aromatic heterocycles. The van der Waals surface area contributed by atoms with Crippen LogP contribution in [-0.4, -0.2) is 81.8 Å². The van der Waals surface area contributed by atoms with Crippen molar-refractivity contribution in [3.05, 3.63) is 29.1 Å². The molecule has 0 aliphatic rings. The second kappa shape index (κ2) is 24.9. The number of aromatic nitrogens is 1. The van der Waals surface area contributed by atoms with E-state index in [1.54, 1.807) is 111 Å². The Hall–Kier alpha value is -4.87. The number of carbonyl (C=O) groups excluding carboxylic acids is 6. The van der Waals surface area contributed by atoms with E-state index in [-0.39, 0.29) is 37.1 Å². The Morgan fingerprint density at radius 3 is 1.30 bits per heavy atom. The van der Waals surface area contributed by atoms with Crippen molar-refractivity contribution in [3.63, 3.8) is 0 Å². The predicted molar refractivity (Wildman–Crippen MR) is 257 cm³/mol. The van der Waals surface area contributed by atoms with Crippen LogP contribution in [0.25, 0.3) is 0 Å². The number of ether oxygens (including phenoxy) is 6. The van der Waals surface area contributed by atoms with Gasteiger partial charge in [0, 0.05) is 29.5 Å². The third kappa shape index (κ3) is 27.5. The molecule has 67 heavy (non-hydrogen) atoms. The topological polar surface area (TPSA) is 186 Å². The van der Waals surface area contributed by atoms with E-state index in [1.165, 1.54) is 0 Å². The lowest BCUT2D eigenvalue weighted by Gasteiger charge is -2.26. The molecule has 15 nitrogen and oxygen atoms in total. The maximum absolute atomic E-state index is 13.8. The van der Waals surface area contributed by atoms with Crippen LogP contribution in [0, 0.1) is 23.7 Å². The molecular formula is C52H86N3O12+. The molecule has 4 atom stereocenters. The first-order chi connectivity index (χ1) is 31.1. The molecule has 0 aromatic carbocycles. The zero-order valence-electron chi connectivity index (χ0n) is 46.6. The van der Waals surface area contributed by atoms with Crippen molar-refractivity contribution in [1.29, 1.82) is 0 Å². The minimum atomic E-state index is -1.50. The van der Waals surface area contributed by atoms with Crippen LogP contribution >= 0.6 is 0 Å². The van der Waals surface area contributed by atoms with Crippen molar-refractivity contribution in [2.75, 3.05) is 0 Å². The molecule has 1 heterocycles. The molecule has 0 radical (unpaired) electrons. The summed E-state index contributed by atoms with van der Waals surface area (Å²) in [5.41, 5.74) is -3.38. The Morgan fingerprint density at radius 1 is 0.522 bits per heavy atom. The van der Waals surface area contributed by atoms with Gasteiger partial charge in [-0.05, 0) is 163 Å². The number of hydrogen-bond acceptors (Lipinski definition) is 12. The van der Waals surface area contributed by atoms with Crippen LogP contribution < -0.4 is 15.2 Å². The van der Waals surface area contributed by atoms with Crippen LogP contribution in [0.2, 0.25) is 2.82 Å². The molecule has 2 amide bonds. The minimum Gasteiger partial charge on any atom is -0.460 e. The average Bonchev–Trinajstić information content (AvgIpc) is 3.13. The van der Waals surface area contributed by atoms with Crippen molar-refractivity contribution in [2.24, 2.45) is 11.8 Å². The predicted octanol–water partition coefficient (Wildman–Crippen LogP) is 9.18. The SMILES string of the molecule is [2H]N(C(=O)OC(C)(C)C)[C@@H](CC#Cc1c(CC[C@H](C)C(=O)OC(C)(C)C)c[n+](CCCC[C@H](C)C(=O)OC(C)(C)C)cc1CC[C@@H](C(=O)OC(C)(C)C)N([2H])C(=O)OC(C)(C)C)C(=O)OC(C)(C)C. The van der Waals surface area contributed by atoms with Gasteiger partial charge in [0.15, 0.2) is 15.2 Å². The van der Waals surface area contributed by atoms with Gasteiger partial charge in [-0.25, -0.2) is 23.7 Å². The maximum atomic E-state index is 13.8. The van der Waals surface area contributed by atoms with Gasteiger partial charge in [0.2, 0.25) is 0 Å². The lowest BCUT2D eigenvalue weighted by molar-refractivity contribution is -0.698.